The molecule has 2 fully saturated rings. The second-order valence-corrected chi connectivity index (χ2v) is 13.0. The van der Waals surface area contributed by atoms with E-state index >= 15 is 0 Å². The van der Waals surface area contributed by atoms with Crippen molar-refractivity contribution in [2.24, 2.45) is 10.3 Å². The van der Waals surface area contributed by atoms with Crippen molar-refractivity contribution in [3.8, 4) is 0 Å². The molecular formula is C25H34N4O5S2. The number of morpholine rings is 1. The summed E-state index contributed by atoms with van der Waals surface area (Å²) in [7, 11) is -7.78. The quantitative estimate of drug-likeness (QED) is 0.397. The molecule has 2 aromatic carbocycles. The summed E-state index contributed by atoms with van der Waals surface area (Å²) >= 11 is 0. The van der Waals surface area contributed by atoms with Crippen LogP contribution in [0, 0.1) is 12.8 Å². The zero-order chi connectivity index (χ0) is 25.9. The van der Waals surface area contributed by atoms with Crippen molar-refractivity contribution in [1.29, 1.82) is 0 Å². The molecule has 0 unspecified atom stereocenters. The molecule has 2 aliphatic rings. The Bertz CT molecular complexity index is 1270. The summed E-state index contributed by atoms with van der Waals surface area (Å²) in [6.45, 7) is 9.06. The minimum atomic E-state index is -4.00. The normalized spacial score (nSPS) is 20.8. The van der Waals surface area contributed by atoms with Crippen molar-refractivity contribution in [2.75, 3.05) is 45.9 Å². The Morgan fingerprint density at radius 2 is 1.56 bits per heavy atom. The minimum Gasteiger partial charge on any atom is -0.379 e. The predicted octanol–water partition coefficient (Wildman–Crippen LogP) is 2.40. The van der Waals surface area contributed by atoms with E-state index in [2.05, 4.69) is 9.30 Å². The fraction of sp³-hybridized carbons (Fsp3) is 0.480. The lowest BCUT2D eigenvalue weighted by molar-refractivity contribution is 0.0436. The van der Waals surface area contributed by atoms with Gasteiger partial charge in [-0.2, -0.15) is 12.7 Å². The van der Waals surface area contributed by atoms with Gasteiger partial charge in [0, 0.05) is 26.2 Å². The van der Waals surface area contributed by atoms with E-state index in [4.69, 9.17) is 4.74 Å². The van der Waals surface area contributed by atoms with Crippen molar-refractivity contribution >= 4 is 25.9 Å². The van der Waals surface area contributed by atoms with Crippen LogP contribution in [0.2, 0.25) is 0 Å². The molecule has 9 nitrogen and oxygen atoms in total. The molecule has 2 heterocycles. The maximum absolute atomic E-state index is 13.6. The molecule has 36 heavy (non-hydrogen) atoms. The van der Waals surface area contributed by atoms with Gasteiger partial charge in [0.2, 0.25) is 10.0 Å². The van der Waals surface area contributed by atoms with Crippen molar-refractivity contribution in [1.82, 2.24) is 14.1 Å². The first-order chi connectivity index (χ1) is 17.1. The highest BCUT2D eigenvalue weighted by molar-refractivity contribution is 7.90. The number of aryl methyl sites for hydroxylation is 1. The Balaban J connectivity index is 1.73. The Labute approximate surface area is 214 Å². The zero-order valence-corrected chi connectivity index (χ0v) is 22.6. The van der Waals surface area contributed by atoms with Gasteiger partial charge in [-0.1, -0.05) is 49.7 Å². The molecule has 0 radical (unpaired) electrons. The Morgan fingerprint density at radius 1 is 0.917 bits per heavy atom. The van der Waals surface area contributed by atoms with Crippen LogP contribution in [0.3, 0.4) is 0 Å². The highest BCUT2D eigenvalue weighted by Crippen LogP contribution is 2.30. The molecule has 0 amide bonds. The number of amidine groups is 1. The molecule has 0 N–H and O–H groups in total. The van der Waals surface area contributed by atoms with E-state index in [1.165, 1.54) is 4.31 Å². The van der Waals surface area contributed by atoms with Crippen LogP contribution in [0.15, 0.2) is 68.8 Å². The van der Waals surface area contributed by atoms with Crippen LogP contribution >= 0.6 is 0 Å². The van der Waals surface area contributed by atoms with Gasteiger partial charge in [0.25, 0.3) is 10.0 Å². The van der Waals surface area contributed by atoms with E-state index in [1.54, 1.807) is 54.6 Å². The molecule has 11 heteroatoms. The van der Waals surface area contributed by atoms with Crippen molar-refractivity contribution in [3.05, 3.63) is 60.2 Å². The van der Waals surface area contributed by atoms with Crippen LogP contribution in [-0.4, -0.2) is 88.9 Å². The molecule has 2 aliphatic heterocycles. The second-order valence-electron chi connectivity index (χ2n) is 9.46. The molecule has 2 aromatic rings. The summed E-state index contributed by atoms with van der Waals surface area (Å²) in [6.07, 6.45) is -0.566. The van der Waals surface area contributed by atoms with E-state index in [0.29, 0.717) is 38.7 Å². The van der Waals surface area contributed by atoms with Gasteiger partial charge in [0.1, 0.15) is 5.84 Å². The maximum Gasteiger partial charge on any atom is 0.283 e. The van der Waals surface area contributed by atoms with Gasteiger partial charge in [-0.3, -0.25) is 4.90 Å². The lowest BCUT2D eigenvalue weighted by Gasteiger charge is -2.36. The molecule has 0 aliphatic carbocycles. The highest BCUT2D eigenvalue weighted by atomic mass is 32.2. The SMILES string of the molecule is Cc1ccc(S(=O)(=O)N=C(CN2CCOCC2)N2CCN(S(=O)(=O)c3ccccc3)[C@H]2C(C)C)cc1. The molecule has 196 valence electrons. The van der Waals surface area contributed by atoms with Crippen molar-refractivity contribution < 1.29 is 21.6 Å². The van der Waals surface area contributed by atoms with Crippen LogP contribution in [0.5, 0.6) is 0 Å². The average molecular weight is 535 g/mol. The van der Waals surface area contributed by atoms with Crippen LogP contribution in [0.25, 0.3) is 0 Å². The molecular weight excluding hydrogens is 500 g/mol. The molecule has 0 spiro atoms. The lowest BCUT2D eigenvalue weighted by atomic mass is 10.1. The van der Waals surface area contributed by atoms with Gasteiger partial charge in [0.15, 0.2) is 0 Å². The lowest BCUT2D eigenvalue weighted by Crippen LogP contribution is -2.51. The summed E-state index contributed by atoms with van der Waals surface area (Å²) in [5, 5.41) is 0. The standard InChI is InChI=1S/C25H34N4O5S2/c1-20(2)25-28(13-14-29(25)36(32,33)23-7-5-4-6-8-23)24(19-27-15-17-34-18-16-27)26-35(30,31)22-11-9-21(3)10-12-22/h4-12,20,25H,13-19H2,1-3H3/t25-/m0/s1. The largest absolute Gasteiger partial charge is 0.379 e. The first-order valence-electron chi connectivity index (χ1n) is 12.1. The number of nitrogens with zero attached hydrogens (tertiary/aromatic N) is 4. The minimum absolute atomic E-state index is 0.108. The van der Waals surface area contributed by atoms with Crippen molar-refractivity contribution in [2.45, 2.75) is 36.7 Å². The average Bonchev–Trinajstić information content (AvgIpc) is 3.32. The monoisotopic (exact) mass is 534 g/mol. The topological polar surface area (TPSA) is 99.6 Å². The van der Waals surface area contributed by atoms with Gasteiger partial charge >= 0.3 is 0 Å². The summed E-state index contributed by atoms with van der Waals surface area (Å²) < 4.78 is 65.0. The highest BCUT2D eigenvalue weighted by Gasteiger charge is 2.43. The third-order valence-corrected chi connectivity index (χ3v) is 9.67. The Hall–Kier alpha value is -2.31. The van der Waals surface area contributed by atoms with E-state index in [1.807, 2.05) is 25.7 Å². The van der Waals surface area contributed by atoms with Gasteiger partial charge in [-0.25, -0.2) is 8.42 Å². The summed E-state index contributed by atoms with van der Waals surface area (Å²) in [4.78, 5) is 4.28. The van der Waals surface area contributed by atoms with Crippen LogP contribution in [0.4, 0.5) is 0 Å². The molecule has 0 aromatic heterocycles. The van der Waals surface area contributed by atoms with E-state index < -0.39 is 26.2 Å². The summed E-state index contributed by atoms with van der Waals surface area (Å²) in [5.41, 5.74) is 0.952. The number of hydrogen-bond donors (Lipinski definition) is 0. The van der Waals surface area contributed by atoms with E-state index in [0.717, 1.165) is 5.56 Å². The molecule has 1 atom stereocenters. The third kappa shape index (κ3) is 5.81. The summed E-state index contributed by atoms with van der Waals surface area (Å²) in [6, 6.07) is 14.9. The number of sulfonamides is 2. The number of rotatable bonds is 7. The molecule has 0 bridgehead atoms. The van der Waals surface area contributed by atoms with Crippen LogP contribution < -0.4 is 0 Å². The van der Waals surface area contributed by atoms with Gasteiger partial charge < -0.3 is 9.64 Å². The van der Waals surface area contributed by atoms with Gasteiger partial charge in [-0.15, -0.1) is 4.40 Å². The number of benzene rings is 2. The van der Waals surface area contributed by atoms with E-state index in [9.17, 15) is 16.8 Å². The van der Waals surface area contributed by atoms with E-state index in [-0.39, 0.29) is 28.8 Å². The first-order valence-corrected chi connectivity index (χ1v) is 15.0. The smallest absolute Gasteiger partial charge is 0.283 e. The molecule has 2 saturated heterocycles. The van der Waals surface area contributed by atoms with Crippen molar-refractivity contribution in [3.63, 3.8) is 0 Å². The summed E-state index contributed by atoms with van der Waals surface area (Å²) in [5.74, 6) is 0.241. The Kier molecular flexibility index (Phi) is 8.15. The fourth-order valence-corrected chi connectivity index (χ4v) is 7.38. The first kappa shape index (κ1) is 26.7. The number of ether oxygens (including phenoxy) is 1. The van der Waals surface area contributed by atoms with Gasteiger partial charge in [0.05, 0.1) is 35.7 Å². The maximum atomic E-state index is 13.6. The zero-order valence-electron chi connectivity index (χ0n) is 20.9. The second kappa shape index (κ2) is 11.0. The van der Waals surface area contributed by atoms with Gasteiger partial charge in [-0.05, 0) is 37.1 Å². The van der Waals surface area contributed by atoms with Crippen LogP contribution in [-0.2, 0) is 24.8 Å². The third-order valence-electron chi connectivity index (χ3n) is 6.47. The molecule has 4 rings (SSSR count). The fourth-order valence-electron chi connectivity index (χ4n) is 4.62. The molecule has 0 saturated carbocycles. The Morgan fingerprint density at radius 3 is 2.17 bits per heavy atom. The van der Waals surface area contributed by atoms with Crippen LogP contribution in [0.1, 0.15) is 19.4 Å². The number of hydrogen-bond acceptors (Lipinski definition) is 6. The predicted molar refractivity (Wildman–Crippen MR) is 139 cm³/mol.